The fourth-order valence-electron chi connectivity index (χ4n) is 3.01. The van der Waals surface area contributed by atoms with Crippen molar-refractivity contribution in [2.75, 3.05) is 20.6 Å². The molecule has 1 heterocycles. The first kappa shape index (κ1) is 25.9. The Bertz CT molecular complexity index is 798. The quantitative estimate of drug-likeness (QED) is 0.291. The van der Waals surface area contributed by atoms with Crippen LogP contribution in [-0.4, -0.2) is 42.6 Å². The molecule has 7 nitrogen and oxygen atoms in total. The highest BCUT2D eigenvalue weighted by molar-refractivity contribution is 14.0. The van der Waals surface area contributed by atoms with Gasteiger partial charge in [-0.3, -0.25) is 4.79 Å². The first-order valence-electron chi connectivity index (χ1n) is 10.3. The summed E-state index contributed by atoms with van der Waals surface area (Å²) in [5.74, 6) is 1.94. The number of halogens is 1. The van der Waals surface area contributed by atoms with Crippen LogP contribution in [-0.2, 0) is 13.1 Å². The largest absolute Gasteiger partial charge is 0.359 e. The number of aliphatic imine (C=N–C) groups is 1. The molecule has 1 amide bonds. The summed E-state index contributed by atoms with van der Waals surface area (Å²) in [4.78, 5) is 18.2. The number of aromatic nitrogens is 1. The number of amides is 1. The molecule has 30 heavy (non-hydrogen) atoms. The van der Waals surface area contributed by atoms with E-state index in [1.807, 2.05) is 37.3 Å². The zero-order chi connectivity index (χ0) is 21.2. The van der Waals surface area contributed by atoms with Crippen molar-refractivity contribution in [3.63, 3.8) is 0 Å². The normalized spacial score (nSPS) is 11.2. The highest BCUT2D eigenvalue weighted by Crippen LogP contribution is 2.22. The van der Waals surface area contributed by atoms with Crippen LogP contribution in [0.1, 0.15) is 66.9 Å². The lowest BCUT2D eigenvalue weighted by molar-refractivity contribution is 0.0827. The molecule has 0 bridgehead atoms. The molecule has 0 aliphatic carbocycles. The third kappa shape index (κ3) is 7.62. The van der Waals surface area contributed by atoms with Gasteiger partial charge in [-0.25, -0.2) is 4.99 Å². The maximum absolute atomic E-state index is 12.0. The van der Waals surface area contributed by atoms with E-state index in [9.17, 15) is 4.79 Å². The van der Waals surface area contributed by atoms with Crippen molar-refractivity contribution in [1.82, 2.24) is 20.7 Å². The van der Waals surface area contributed by atoms with Crippen molar-refractivity contribution in [2.45, 2.75) is 52.6 Å². The molecular weight excluding hydrogens is 493 g/mol. The lowest BCUT2D eigenvalue weighted by atomic mass is 9.99. The van der Waals surface area contributed by atoms with Crippen LogP contribution in [0.3, 0.4) is 0 Å². The molecular formula is C22H34IN5O2. The SMILES string of the molecule is CCNC(=NCc1ccc(C(=O)N(C)C)cc1)NCc1cc(C(CC)CC)no1.I. The summed E-state index contributed by atoms with van der Waals surface area (Å²) >= 11 is 0. The summed E-state index contributed by atoms with van der Waals surface area (Å²) in [5.41, 5.74) is 2.72. The molecule has 1 aromatic heterocycles. The van der Waals surface area contributed by atoms with Gasteiger partial charge in [0.05, 0.1) is 18.8 Å². The van der Waals surface area contributed by atoms with E-state index < -0.39 is 0 Å². The number of guanidine groups is 1. The Balaban J connectivity index is 0.00000450. The smallest absolute Gasteiger partial charge is 0.253 e. The summed E-state index contributed by atoms with van der Waals surface area (Å²) in [6.45, 7) is 8.16. The molecule has 0 spiro atoms. The number of benzene rings is 1. The second-order valence-electron chi connectivity index (χ2n) is 7.18. The van der Waals surface area contributed by atoms with E-state index in [1.165, 1.54) is 0 Å². The molecule has 0 saturated heterocycles. The van der Waals surface area contributed by atoms with Crippen LogP contribution in [0.25, 0.3) is 0 Å². The molecule has 0 atom stereocenters. The summed E-state index contributed by atoms with van der Waals surface area (Å²) in [6, 6.07) is 9.56. The van der Waals surface area contributed by atoms with Crippen LogP contribution in [0, 0.1) is 0 Å². The fourth-order valence-corrected chi connectivity index (χ4v) is 3.01. The second kappa shape index (κ2) is 13.3. The molecule has 0 aliphatic rings. The number of nitrogens with zero attached hydrogens (tertiary/aromatic N) is 3. The topological polar surface area (TPSA) is 82.8 Å². The van der Waals surface area contributed by atoms with Crippen molar-refractivity contribution in [1.29, 1.82) is 0 Å². The Morgan fingerprint density at radius 2 is 1.80 bits per heavy atom. The van der Waals surface area contributed by atoms with Crippen molar-refractivity contribution in [3.05, 3.63) is 52.9 Å². The van der Waals surface area contributed by atoms with Gasteiger partial charge in [-0.15, -0.1) is 24.0 Å². The van der Waals surface area contributed by atoms with E-state index in [-0.39, 0.29) is 29.9 Å². The van der Waals surface area contributed by atoms with E-state index in [4.69, 9.17) is 4.52 Å². The third-order valence-electron chi connectivity index (χ3n) is 4.78. The summed E-state index contributed by atoms with van der Waals surface area (Å²) < 4.78 is 5.46. The van der Waals surface area contributed by atoms with Gasteiger partial charge >= 0.3 is 0 Å². The minimum atomic E-state index is -0.00475. The lowest BCUT2D eigenvalue weighted by Gasteiger charge is -2.11. The van der Waals surface area contributed by atoms with Gasteiger partial charge in [-0.1, -0.05) is 31.1 Å². The van der Waals surface area contributed by atoms with Crippen molar-refractivity contribution in [3.8, 4) is 0 Å². The zero-order valence-electron chi connectivity index (χ0n) is 18.6. The number of carbonyl (C=O) groups excluding carboxylic acids is 1. The van der Waals surface area contributed by atoms with Gasteiger partial charge < -0.3 is 20.1 Å². The van der Waals surface area contributed by atoms with E-state index in [0.29, 0.717) is 30.5 Å². The highest BCUT2D eigenvalue weighted by Gasteiger charge is 2.13. The first-order chi connectivity index (χ1) is 14.0. The molecule has 8 heteroatoms. The molecule has 0 unspecified atom stereocenters. The molecule has 166 valence electrons. The van der Waals surface area contributed by atoms with Crippen molar-refractivity contribution >= 4 is 35.8 Å². The van der Waals surface area contributed by atoms with Gasteiger partial charge in [0.2, 0.25) is 0 Å². The Morgan fingerprint density at radius 3 is 2.37 bits per heavy atom. The maximum Gasteiger partial charge on any atom is 0.253 e. The van der Waals surface area contributed by atoms with Crippen LogP contribution in [0.15, 0.2) is 39.8 Å². The van der Waals surface area contributed by atoms with E-state index in [0.717, 1.165) is 36.4 Å². The first-order valence-corrected chi connectivity index (χ1v) is 10.3. The fraction of sp³-hybridized carbons (Fsp3) is 0.500. The van der Waals surface area contributed by atoms with Crippen molar-refractivity contribution < 1.29 is 9.32 Å². The van der Waals surface area contributed by atoms with Gasteiger partial charge in [0, 0.05) is 38.2 Å². The Hall–Kier alpha value is -2.10. The summed E-state index contributed by atoms with van der Waals surface area (Å²) in [6.07, 6.45) is 2.11. The molecule has 2 N–H and O–H groups in total. The van der Waals surface area contributed by atoms with Crippen LogP contribution in [0.5, 0.6) is 0 Å². The van der Waals surface area contributed by atoms with E-state index in [2.05, 4.69) is 34.6 Å². The van der Waals surface area contributed by atoms with Gasteiger partial charge in [0.25, 0.3) is 5.91 Å². The maximum atomic E-state index is 12.0. The second-order valence-corrected chi connectivity index (χ2v) is 7.18. The monoisotopic (exact) mass is 527 g/mol. The Labute approximate surface area is 196 Å². The van der Waals surface area contributed by atoms with Gasteiger partial charge in [0.15, 0.2) is 11.7 Å². The average Bonchev–Trinajstić information content (AvgIpc) is 3.19. The standard InChI is InChI=1S/C22H33N5O2.HI/c1-6-17(7-2)20-13-19(29-26-20)15-25-22(23-8-3)24-14-16-9-11-18(12-10-16)21(28)27(4)5;/h9-13,17H,6-8,14-15H2,1-5H3,(H2,23,24,25);1H. The summed E-state index contributed by atoms with van der Waals surface area (Å²) in [7, 11) is 3.49. The molecule has 2 aromatic rings. The minimum absolute atomic E-state index is 0. The van der Waals surface area contributed by atoms with Crippen LogP contribution in [0.4, 0.5) is 0 Å². The van der Waals surface area contributed by atoms with E-state index >= 15 is 0 Å². The third-order valence-corrected chi connectivity index (χ3v) is 4.78. The van der Waals surface area contributed by atoms with E-state index in [1.54, 1.807) is 19.0 Å². The highest BCUT2D eigenvalue weighted by atomic mass is 127. The van der Waals surface area contributed by atoms with Crippen LogP contribution < -0.4 is 10.6 Å². The number of hydrogen-bond donors (Lipinski definition) is 2. The molecule has 0 aliphatic heterocycles. The average molecular weight is 527 g/mol. The summed E-state index contributed by atoms with van der Waals surface area (Å²) in [5, 5.41) is 10.7. The predicted molar refractivity (Wildman–Crippen MR) is 131 cm³/mol. The van der Waals surface area contributed by atoms with Gasteiger partial charge in [-0.2, -0.15) is 0 Å². The molecule has 0 radical (unpaired) electrons. The molecule has 1 aromatic carbocycles. The number of hydrogen-bond acceptors (Lipinski definition) is 4. The number of nitrogens with one attached hydrogen (secondary N) is 2. The lowest BCUT2D eigenvalue weighted by Crippen LogP contribution is -2.36. The zero-order valence-corrected chi connectivity index (χ0v) is 20.9. The molecule has 0 fully saturated rings. The Kier molecular flexibility index (Phi) is 11.5. The minimum Gasteiger partial charge on any atom is -0.359 e. The van der Waals surface area contributed by atoms with Crippen LogP contribution >= 0.6 is 24.0 Å². The number of carbonyl (C=O) groups is 1. The van der Waals surface area contributed by atoms with Gasteiger partial charge in [-0.05, 0) is 37.5 Å². The predicted octanol–water partition coefficient (Wildman–Crippen LogP) is 4.15. The van der Waals surface area contributed by atoms with Crippen molar-refractivity contribution in [2.24, 2.45) is 4.99 Å². The van der Waals surface area contributed by atoms with Crippen LogP contribution in [0.2, 0.25) is 0 Å². The Morgan fingerprint density at radius 1 is 1.13 bits per heavy atom. The molecule has 2 rings (SSSR count). The molecule has 0 saturated carbocycles. The van der Waals surface area contributed by atoms with Gasteiger partial charge in [0.1, 0.15) is 0 Å². The number of rotatable bonds is 9.